The van der Waals surface area contributed by atoms with Crippen LogP contribution < -0.4 is 5.32 Å². The molecule has 6 heteroatoms. The van der Waals surface area contributed by atoms with Gasteiger partial charge in [0.25, 0.3) is 0 Å². The van der Waals surface area contributed by atoms with Crippen molar-refractivity contribution in [1.29, 1.82) is 0 Å². The van der Waals surface area contributed by atoms with E-state index in [1.165, 1.54) is 16.7 Å². The summed E-state index contributed by atoms with van der Waals surface area (Å²) in [5.74, 6) is 1.62. The first kappa shape index (κ1) is 19.3. The Labute approximate surface area is 171 Å². The first-order valence-electron chi connectivity index (χ1n) is 10.2. The molecule has 0 spiro atoms. The summed E-state index contributed by atoms with van der Waals surface area (Å²) in [4.78, 5) is 19.4. The smallest absolute Gasteiger partial charge is 0.237 e. The Morgan fingerprint density at radius 1 is 1.03 bits per heavy atom. The standard InChI is InChI=1S/C23H27N5O/c1-17-7-9-19(10-8-17)16-28-14-13-24-23(29)20(28)15-22-25-21(26-27-22)12-11-18-5-3-2-4-6-18/h2-10,20H,11-16H2,1H3,(H,24,29)(H,25,26,27)/t20-/m1/s1. The average molecular weight is 390 g/mol. The van der Waals surface area contributed by atoms with Gasteiger partial charge in [-0.3, -0.25) is 14.8 Å². The Morgan fingerprint density at radius 2 is 1.83 bits per heavy atom. The van der Waals surface area contributed by atoms with E-state index in [9.17, 15) is 4.79 Å². The molecule has 2 N–H and O–H groups in total. The van der Waals surface area contributed by atoms with Crippen molar-refractivity contribution in [1.82, 2.24) is 25.4 Å². The van der Waals surface area contributed by atoms with Crippen LogP contribution in [0.1, 0.15) is 28.3 Å². The highest BCUT2D eigenvalue weighted by atomic mass is 16.2. The molecule has 0 saturated carbocycles. The molecular formula is C23H27N5O. The van der Waals surface area contributed by atoms with Gasteiger partial charge in [-0.2, -0.15) is 5.10 Å². The Morgan fingerprint density at radius 3 is 2.62 bits per heavy atom. The van der Waals surface area contributed by atoms with Gasteiger partial charge in [0.05, 0.1) is 6.04 Å². The molecule has 150 valence electrons. The van der Waals surface area contributed by atoms with E-state index < -0.39 is 0 Å². The second kappa shape index (κ2) is 9.01. The van der Waals surface area contributed by atoms with Gasteiger partial charge in [0, 0.05) is 32.5 Å². The van der Waals surface area contributed by atoms with E-state index in [4.69, 9.17) is 0 Å². The number of carbonyl (C=O) groups is 1. The molecule has 1 aromatic heterocycles. The summed E-state index contributed by atoms with van der Waals surface area (Å²) in [6, 6.07) is 18.6. The van der Waals surface area contributed by atoms with E-state index >= 15 is 0 Å². The zero-order valence-corrected chi connectivity index (χ0v) is 16.8. The molecular weight excluding hydrogens is 362 g/mol. The fourth-order valence-corrected chi connectivity index (χ4v) is 3.72. The van der Waals surface area contributed by atoms with Gasteiger partial charge in [-0.25, -0.2) is 4.98 Å². The summed E-state index contributed by atoms with van der Waals surface area (Å²) in [5, 5.41) is 10.4. The molecule has 4 rings (SSSR count). The molecule has 3 aromatic rings. The van der Waals surface area contributed by atoms with Crippen molar-refractivity contribution in [2.45, 2.75) is 38.8 Å². The summed E-state index contributed by atoms with van der Waals surface area (Å²) >= 11 is 0. The molecule has 2 aromatic carbocycles. The van der Waals surface area contributed by atoms with Crippen molar-refractivity contribution < 1.29 is 4.79 Å². The van der Waals surface area contributed by atoms with Gasteiger partial charge in [-0.05, 0) is 24.5 Å². The maximum atomic E-state index is 12.6. The molecule has 0 radical (unpaired) electrons. The Bertz CT molecular complexity index is 935. The number of aryl methyl sites for hydroxylation is 3. The number of piperazine rings is 1. The summed E-state index contributed by atoms with van der Waals surface area (Å²) < 4.78 is 0. The molecule has 0 bridgehead atoms. The summed E-state index contributed by atoms with van der Waals surface area (Å²) in [6.07, 6.45) is 2.22. The number of amides is 1. The SMILES string of the molecule is Cc1ccc(CN2CCNC(=O)[C@H]2Cc2nc(CCc3ccccc3)n[nH]2)cc1. The van der Waals surface area contributed by atoms with Crippen LogP contribution in [-0.2, 0) is 30.6 Å². The van der Waals surface area contributed by atoms with E-state index in [2.05, 4.69) is 68.7 Å². The number of aromatic amines is 1. The lowest BCUT2D eigenvalue weighted by molar-refractivity contribution is -0.129. The highest BCUT2D eigenvalue weighted by Gasteiger charge is 2.30. The molecule has 1 atom stereocenters. The Balaban J connectivity index is 1.40. The third kappa shape index (κ3) is 5.09. The third-order valence-electron chi connectivity index (χ3n) is 5.39. The van der Waals surface area contributed by atoms with Gasteiger partial charge in [0.2, 0.25) is 5.91 Å². The van der Waals surface area contributed by atoms with Crippen LogP contribution in [-0.4, -0.2) is 45.1 Å². The van der Waals surface area contributed by atoms with Crippen LogP contribution in [0, 0.1) is 6.92 Å². The maximum Gasteiger partial charge on any atom is 0.237 e. The van der Waals surface area contributed by atoms with Crippen molar-refractivity contribution in [2.24, 2.45) is 0 Å². The van der Waals surface area contributed by atoms with Crippen LogP contribution >= 0.6 is 0 Å². The van der Waals surface area contributed by atoms with E-state index in [1.807, 2.05) is 18.2 Å². The average Bonchev–Trinajstić information content (AvgIpc) is 3.19. The number of carbonyl (C=O) groups excluding carboxylic acids is 1. The van der Waals surface area contributed by atoms with Crippen LogP contribution in [0.3, 0.4) is 0 Å². The number of hydrogen-bond donors (Lipinski definition) is 2. The Kier molecular flexibility index (Phi) is 6.00. The molecule has 6 nitrogen and oxygen atoms in total. The maximum absolute atomic E-state index is 12.6. The lowest BCUT2D eigenvalue weighted by Crippen LogP contribution is -2.55. The highest BCUT2D eigenvalue weighted by molar-refractivity contribution is 5.82. The van der Waals surface area contributed by atoms with E-state index in [1.54, 1.807) is 0 Å². The largest absolute Gasteiger partial charge is 0.353 e. The Hall–Kier alpha value is -2.99. The van der Waals surface area contributed by atoms with Crippen LogP contribution in [0.4, 0.5) is 0 Å². The predicted molar refractivity (Wildman–Crippen MR) is 112 cm³/mol. The molecule has 0 unspecified atom stereocenters. The van der Waals surface area contributed by atoms with Gasteiger partial charge in [0.15, 0.2) is 5.82 Å². The fraction of sp³-hybridized carbons (Fsp3) is 0.348. The molecule has 1 fully saturated rings. The minimum absolute atomic E-state index is 0.0607. The van der Waals surface area contributed by atoms with Crippen LogP contribution in [0.25, 0.3) is 0 Å². The number of H-pyrrole nitrogens is 1. The molecule has 1 aliphatic heterocycles. The van der Waals surface area contributed by atoms with E-state index in [-0.39, 0.29) is 11.9 Å². The number of hydrogen-bond acceptors (Lipinski definition) is 4. The summed E-state index contributed by atoms with van der Waals surface area (Å²) in [5.41, 5.74) is 3.73. The first-order chi connectivity index (χ1) is 14.2. The van der Waals surface area contributed by atoms with Crippen LogP contribution in [0.5, 0.6) is 0 Å². The second-order valence-corrected chi connectivity index (χ2v) is 7.65. The number of aromatic nitrogens is 3. The van der Waals surface area contributed by atoms with Gasteiger partial charge >= 0.3 is 0 Å². The lowest BCUT2D eigenvalue weighted by Gasteiger charge is -2.34. The number of nitrogens with one attached hydrogen (secondary N) is 2. The number of benzene rings is 2. The minimum Gasteiger partial charge on any atom is -0.353 e. The molecule has 1 aliphatic rings. The zero-order chi connectivity index (χ0) is 20.1. The fourth-order valence-electron chi connectivity index (χ4n) is 3.72. The molecule has 1 amide bonds. The number of rotatable bonds is 7. The normalized spacial score (nSPS) is 17.3. The highest BCUT2D eigenvalue weighted by Crippen LogP contribution is 2.15. The third-order valence-corrected chi connectivity index (χ3v) is 5.39. The zero-order valence-electron chi connectivity index (χ0n) is 16.8. The number of nitrogens with zero attached hydrogens (tertiary/aromatic N) is 3. The molecule has 2 heterocycles. The summed E-state index contributed by atoms with van der Waals surface area (Å²) in [7, 11) is 0. The van der Waals surface area contributed by atoms with Gasteiger partial charge in [-0.15, -0.1) is 0 Å². The van der Waals surface area contributed by atoms with Gasteiger partial charge in [0.1, 0.15) is 5.82 Å². The van der Waals surface area contributed by atoms with Gasteiger partial charge < -0.3 is 5.32 Å². The van der Waals surface area contributed by atoms with Crippen LogP contribution in [0.2, 0.25) is 0 Å². The van der Waals surface area contributed by atoms with Crippen molar-refractivity contribution in [3.63, 3.8) is 0 Å². The monoisotopic (exact) mass is 389 g/mol. The second-order valence-electron chi connectivity index (χ2n) is 7.65. The first-order valence-corrected chi connectivity index (χ1v) is 10.2. The topological polar surface area (TPSA) is 73.9 Å². The quantitative estimate of drug-likeness (QED) is 0.651. The van der Waals surface area contributed by atoms with Gasteiger partial charge in [-0.1, -0.05) is 60.2 Å². The molecule has 0 aliphatic carbocycles. The van der Waals surface area contributed by atoms with E-state index in [0.29, 0.717) is 13.0 Å². The van der Waals surface area contributed by atoms with Crippen molar-refractivity contribution in [3.8, 4) is 0 Å². The molecule has 1 saturated heterocycles. The van der Waals surface area contributed by atoms with Crippen LogP contribution in [0.15, 0.2) is 54.6 Å². The predicted octanol–water partition coefficient (Wildman–Crippen LogP) is 2.44. The summed E-state index contributed by atoms with van der Waals surface area (Å²) in [6.45, 7) is 4.35. The van der Waals surface area contributed by atoms with Crippen molar-refractivity contribution >= 4 is 5.91 Å². The lowest BCUT2D eigenvalue weighted by atomic mass is 10.1. The van der Waals surface area contributed by atoms with Crippen molar-refractivity contribution in [3.05, 3.63) is 82.9 Å². The van der Waals surface area contributed by atoms with E-state index in [0.717, 1.165) is 37.6 Å². The minimum atomic E-state index is -0.236. The van der Waals surface area contributed by atoms with Crippen molar-refractivity contribution in [2.75, 3.05) is 13.1 Å². The molecule has 29 heavy (non-hydrogen) atoms.